The predicted octanol–water partition coefficient (Wildman–Crippen LogP) is 2.66. The second-order valence-electron chi connectivity index (χ2n) is 5.53. The summed E-state index contributed by atoms with van der Waals surface area (Å²) in [5, 5.41) is 2.97. The maximum Gasteiger partial charge on any atom is 0.146 e. The molecular weight excluding hydrogens is 284 g/mol. The summed E-state index contributed by atoms with van der Waals surface area (Å²) in [5.74, 6) is 1.41. The van der Waals surface area contributed by atoms with Crippen molar-refractivity contribution in [3.8, 4) is 0 Å². The number of ether oxygens (including phenoxy) is 1. The highest BCUT2D eigenvalue weighted by Crippen LogP contribution is 2.23. The molecule has 0 bridgehead atoms. The van der Waals surface area contributed by atoms with Crippen molar-refractivity contribution in [1.29, 1.82) is 0 Å². The van der Waals surface area contributed by atoms with E-state index in [4.69, 9.17) is 10.5 Å². The molecule has 1 aliphatic heterocycles. The Bertz CT molecular complexity index is 600. The summed E-state index contributed by atoms with van der Waals surface area (Å²) in [5.41, 5.74) is 6.01. The van der Waals surface area contributed by atoms with Crippen LogP contribution in [0, 0.1) is 0 Å². The van der Waals surface area contributed by atoms with Crippen molar-refractivity contribution < 1.29 is 4.74 Å². The molecule has 3 heterocycles. The minimum Gasteiger partial charge on any atom is -0.383 e. The van der Waals surface area contributed by atoms with Crippen LogP contribution in [0.2, 0.25) is 0 Å². The second-order valence-corrected chi connectivity index (χ2v) is 6.43. The number of hydrogen-bond acceptors (Lipinski definition) is 6. The van der Waals surface area contributed by atoms with E-state index in [9.17, 15) is 0 Å². The zero-order valence-corrected chi connectivity index (χ0v) is 13.2. The van der Waals surface area contributed by atoms with Gasteiger partial charge in [-0.15, -0.1) is 11.3 Å². The molecule has 0 aromatic carbocycles. The van der Waals surface area contributed by atoms with Gasteiger partial charge in [-0.25, -0.2) is 9.97 Å². The van der Waals surface area contributed by atoms with E-state index >= 15 is 0 Å². The SMILES string of the molecule is CCCOC1CCCN(Cc2nc(N)c3ccsc3n2)C1. The molecule has 21 heavy (non-hydrogen) atoms. The topological polar surface area (TPSA) is 64.3 Å². The van der Waals surface area contributed by atoms with Crippen LogP contribution in [0.1, 0.15) is 32.0 Å². The highest BCUT2D eigenvalue weighted by molar-refractivity contribution is 7.16. The van der Waals surface area contributed by atoms with Gasteiger partial charge in [0.25, 0.3) is 0 Å². The third-order valence-corrected chi connectivity index (χ3v) is 4.59. The largest absolute Gasteiger partial charge is 0.383 e. The van der Waals surface area contributed by atoms with Gasteiger partial charge in [0.05, 0.1) is 18.0 Å². The van der Waals surface area contributed by atoms with Crippen LogP contribution in [-0.2, 0) is 11.3 Å². The minimum atomic E-state index is 0.349. The van der Waals surface area contributed by atoms with Crippen LogP contribution in [0.15, 0.2) is 11.4 Å². The summed E-state index contributed by atoms with van der Waals surface area (Å²) < 4.78 is 5.88. The van der Waals surface area contributed by atoms with Crippen LogP contribution in [0.25, 0.3) is 10.2 Å². The molecule has 1 fully saturated rings. The fourth-order valence-electron chi connectivity index (χ4n) is 2.77. The van der Waals surface area contributed by atoms with Crippen LogP contribution in [0.5, 0.6) is 0 Å². The molecule has 0 aliphatic carbocycles. The molecule has 0 saturated carbocycles. The lowest BCUT2D eigenvalue weighted by Gasteiger charge is -2.32. The fourth-order valence-corrected chi connectivity index (χ4v) is 3.56. The molecule has 6 heteroatoms. The summed E-state index contributed by atoms with van der Waals surface area (Å²) in [6.45, 7) is 5.80. The van der Waals surface area contributed by atoms with Crippen LogP contribution in [-0.4, -0.2) is 40.7 Å². The molecule has 0 amide bonds. The van der Waals surface area contributed by atoms with E-state index in [1.807, 2.05) is 11.4 Å². The van der Waals surface area contributed by atoms with Crippen LogP contribution < -0.4 is 5.73 Å². The van der Waals surface area contributed by atoms with Crippen molar-refractivity contribution in [2.24, 2.45) is 0 Å². The van der Waals surface area contributed by atoms with Crippen LogP contribution in [0.3, 0.4) is 0 Å². The van der Waals surface area contributed by atoms with Crippen molar-refractivity contribution in [1.82, 2.24) is 14.9 Å². The number of aromatic nitrogens is 2. The van der Waals surface area contributed by atoms with Crippen molar-refractivity contribution in [2.75, 3.05) is 25.4 Å². The number of nitrogens with two attached hydrogens (primary N) is 1. The van der Waals surface area contributed by atoms with Crippen LogP contribution in [0.4, 0.5) is 5.82 Å². The Kier molecular flexibility index (Phi) is 4.67. The van der Waals surface area contributed by atoms with Gasteiger partial charge < -0.3 is 10.5 Å². The summed E-state index contributed by atoms with van der Waals surface area (Å²) in [6.07, 6.45) is 3.75. The fraction of sp³-hybridized carbons (Fsp3) is 0.600. The van der Waals surface area contributed by atoms with E-state index in [0.717, 1.165) is 55.1 Å². The van der Waals surface area contributed by atoms with E-state index in [-0.39, 0.29) is 0 Å². The molecule has 5 nitrogen and oxygen atoms in total. The Balaban J connectivity index is 1.66. The van der Waals surface area contributed by atoms with Crippen molar-refractivity contribution in [3.05, 3.63) is 17.3 Å². The molecule has 2 aromatic heterocycles. The Morgan fingerprint density at radius 3 is 3.24 bits per heavy atom. The number of rotatable bonds is 5. The molecule has 114 valence electrons. The maximum atomic E-state index is 6.01. The first-order chi connectivity index (χ1) is 10.3. The Labute approximate surface area is 129 Å². The number of hydrogen-bond donors (Lipinski definition) is 1. The summed E-state index contributed by atoms with van der Waals surface area (Å²) in [4.78, 5) is 12.4. The first kappa shape index (κ1) is 14.7. The monoisotopic (exact) mass is 306 g/mol. The molecule has 0 spiro atoms. The van der Waals surface area contributed by atoms with Gasteiger partial charge in [0.2, 0.25) is 0 Å². The van der Waals surface area contributed by atoms with Gasteiger partial charge in [-0.3, -0.25) is 4.90 Å². The predicted molar refractivity (Wildman–Crippen MR) is 86.4 cm³/mol. The number of anilines is 1. The van der Waals surface area contributed by atoms with Crippen molar-refractivity contribution >= 4 is 27.4 Å². The first-order valence-electron chi connectivity index (χ1n) is 7.60. The number of nitrogens with zero attached hydrogens (tertiary/aromatic N) is 3. The summed E-state index contributed by atoms with van der Waals surface area (Å²) in [6, 6.07) is 1.98. The second kappa shape index (κ2) is 6.68. The molecule has 3 rings (SSSR count). The van der Waals surface area contributed by atoms with E-state index in [2.05, 4.69) is 21.8 Å². The average Bonchev–Trinajstić information content (AvgIpc) is 2.94. The molecule has 1 atom stereocenters. The standard InChI is InChI=1S/C15H22N4OS/c1-2-7-20-11-4-3-6-19(9-11)10-13-17-14(16)12-5-8-21-15(12)18-13/h5,8,11H,2-4,6-7,9-10H2,1H3,(H2,16,17,18). The normalized spacial score (nSPS) is 20.1. The lowest BCUT2D eigenvalue weighted by atomic mass is 10.1. The minimum absolute atomic E-state index is 0.349. The van der Waals surface area contributed by atoms with E-state index in [1.165, 1.54) is 6.42 Å². The molecule has 0 radical (unpaired) electrons. The summed E-state index contributed by atoms with van der Waals surface area (Å²) in [7, 11) is 0. The molecule has 2 aromatic rings. The Hall–Kier alpha value is -1.24. The van der Waals surface area contributed by atoms with Gasteiger partial charge in [-0.05, 0) is 37.3 Å². The molecule has 1 saturated heterocycles. The lowest BCUT2D eigenvalue weighted by Crippen LogP contribution is -2.39. The van der Waals surface area contributed by atoms with Crippen LogP contribution >= 0.6 is 11.3 Å². The highest BCUT2D eigenvalue weighted by Gasteiger charge is 2.21. The van der Waals surface area contributed by atoms with Gasteiger partial charge in [0.1, 0.15) is 16.5 Å². The third kappa shape index (κ3) is 3.51. The number of likely N-dealkylation sites (tertiary alicyclic amines) is 1. The number of fused-ring (bicyclic) bond motifs is 1. The maximum absolute atomic E-state index is 6.01. The Morgan fingerprint density at radius 1 is 1.48 bits per heavy atom. The molecule has 2 N–H and O–H groups in total. The molecule has 1 unspecified atom stereocenters. The average molecular weight is 306 g/mol. The quantitative estimate of drug-likeness (QED) is 0.920. The molecule has 1 aliphatic rings. The van der Waals surface area contributed by atoms with Gasteiger partial charge in [-0.1, -0.05) is 6.92 Å². The van der Waals surface area contributed by atoms with Gasteiger partial charge in [0, 0.05) is 13.2 Å². The molecular formula is C15H22N4OS. The smallest absolute Gasteiger partial charge is 0.146 e. The number of piperidine rings is 1. The van der Waals surface area contributed by atoms with Crippen molar-refractivity contribution in [2.45, 2.75) is 38.8 Å². The number of nitrogen functional groups attached to an aromatic ring is 1. The number of thiophene rings is 1. The summed E-state index contributed by atoms with van der Waals surface area (Å²) >= 11 is 1.62. The zero-order valence-electron chi connectivity index (χ0n) is 12.4. The van der Waals surface area contributed by atoms with E-state index < -0.39 is 0 Å². The zero-order chi connectivity index (χ0) is 14.7. The van der Waals surface area contributed by atoms with Gasteiger partial charge >= 0.3 is 0 Å². The third-order valence-electron chi connectivity index (χ3n) is 3.79. The van der Waals surface area contributed by atoms with Gasteiger partial charge in [0.15, 0.2) is 0 Å². The first-order valence-corrected chi connectivity index (χ1v) is 8.47. The van der Waals surface area contributed by atoms with Crippen molar-refractivity contribution in [3.63, 3.8) is 0 Å². The van der Waals surface area contributed by atoms with E-state index in [1.54, 1.807) is 11.3 Å². The Morgan fingerprint density at radius 2 is 2.38 bits per heavy atom. The van der Waals surface area contributed by atoms with E-state index in [0.29, 0.717) is 11.9 Å². The van der Waals surface area contributed by atoms with Gasteiger partial charge in [-0.2, -0.15) is 0 Å². The highest BCUT2D eigenvalue weighted by atomic mass is 32.1. The lowest BCUT2D eigenvalue weighted by molar-refractivity contribution is -0.00280.